The summed E-state index contributed by atoms with van der Waals surface area (Å²) >= 11 is 0. The Morgan fingerprint density at radius 1 is 1.04 bits per heavy atom. The van der Waals surface area contributed by atoms with Crippen LogP contribution >= 0.6 is 0 Å². The molecule has 0 saturated carbocycles. The van der Waals surface area contributed by atoms with Crippen molar-refractivity contribution < 1.29 is 17.9 Å². The first-order valence-corrected chi connectivity index (χ1v) is 9.82. The van der Waals surface area contributed by atoms with Crippen LogP contribution < -0.4 is 4.74 Å². The molecule has 0 fully saturated rings. The van der Waals surface area contributed by atoms with Crippen LogP contribution in [0.25, 0.3) is 0 Å². The van der Waals surface area contributed by atoms with Gasteiger partial charge < -0.3 is 4.74 Å². The summed E-state index contributed by atoms with van der Waals surface area (Å²) in [6.45, 7) is 1.40. The Balaban J connectivity index is 2.14. The number of hydrogen-bond donors (Lipinski definition) is 0. The zero-order valence-electron chi connectivity index (χ0n) is 15.0. The summed E-state index contributed by atoms with van der Waals surface area (Å²) in [5, 5.41) is 0. The van der Waals surface area contributed by atoms with Crippen LogP contribution in [-0.4, -0.2) is 26.3 Å². The lowest BCUT2D eigenvalue weighted by atomic mass is 10.1. The molecule has 5 nitrogen and oxygen atoms in total. The third-order valence-electron chi connectivity index (χ3n) is 4.24. The fourth-order valence-corrected chi connectivity index (χ4v) is 4.54. The molecule has 0 spiro atoms. The summed E-state index contributed by atoms with van der Waals surface area (Å²) in [7, 11) is -2.48. The molecule has 0 amide bonds. The molecule has 1 heterocycles. The molecule has 6 heteroatoms. The van der Waals surface area contributed by atoms with E-state index in [1.807, 2.05) is 12.1 Å². The van der Waals surface area contributed by atoms with Crippen molar-refractivity contribution in [3.8, 4) is 5.75 Å². The van der Waals surface area contributed by atoms with Gasteiger partial charge in [0.25, 0.3) is 0 Å². The van der Waals surface area contributed by atoms with Gasteiger partial charge in [0.1, 0.15) is 10.6 Å². The Bertz CT molecular complexity index is 1080. The number of ether oxygens (including phenoxy) is 1. The van der Waals surface area contributed by atoms with Gasteiger partial charge >= 0.3 is 0 Å². The lowest BCUT2D eigenvalue weighted by Gasteiger charge is -2.14. The first-order valence-electron chi connectivity index (χ1n) is 8.34. The normalized spacial score (nSPS) is 11.2. The molecule has 0 aliphatic heterocycles. The van der Waals surface area contributed by atoms with Crippen molar-refractivity contribution in [3.05, 3.63) is 83.7 Å². The number of nitrogens with zero attached hydrogens (tertiary/aromatic N) is 1. The molecule has 0 atom stereocenters. The first-order chi connectivity index (χ1) is 12.9. The highest BCUT2D eigenvalue weighted by Crippen LogP contribution is 2.32. The van der Waals surface area contributed by atoms with Crippen LogP contribution in [0.15, 0.2) is 76.8 Å². The average Bonchev–Trinajstić information content (AvgIpc) is 2.68. The SMILES string of the molecule is COc1ccc(C(C)=O)cc1S(=O)(=O)c1ccccc1Cc1cccnc1. The summed E-state index contributed by atoms with van der Waals surface area (Å²) in [6.07, 6.45) is 3.81. The Labute approximate surface area is 158 Å². The Morgan fingerprint density at radius 3 is 2.48 bits per heavy atom. The molecule has 138 valence electrons. The van der Waals surface area contributed by atoms with E-state index in [-0.39, 0.29) is 21.3 Å². The van der Waals surface area contributed by atoms with Gasteiger partial charge in [0.15, 0.2) is 5.78 Å². The zero-order valence-corrected chi connectivity index (χ0v) is 15.9. The number of pyridine rings is 1. The Hall–Kier alpha value is -2.99. The third kappa shape index (κ3) is 3.90. The molecule has 3 aromatic rings. The van der Waals surface area contributed by atoms with Gasteiger partial charge in [-0.15, -0.1) is 0 Å². The van der Waals surface area contributed by atoms with Gasteiger partial charge in [0.2, 0.25) is 9.84 Å². The molecule has 0 unspecified atom stereocenters. The molecular weight excluding hydrogens is 362 g/mol. The fourth-order valence-electron chi connectivity index (χ4n) is 2.86. The predicted octanol–water partition coefficient (Wildman–Crippen LogP) is 3.72. The number of methoxy groups -OCH3 is 1. The minimum absolute atomic E-state index is 0.0173. The number of hydrogen-bond acceptors (Lipinski definition) is 5. The lowest BCUT2D eigenvalue weighted by Crippen LogP contribution is -2.09. The molecule has 0 aliphatic carbocycles. The van der Waals surface area contributed by atoms with E-state index in [0.29, 0.717) is 17.5 Å². The van der Waals surface area contributed by atoms with Crippen LogP contribution in [0.5, 0.6) is 5.75 Å². The summed E-state index contributed by atoms with van der Waals surface area (Å²) in [5.74, 6) is -0.00562. The first kappa shape index (κ1) is 18.8. The van der Waals surface area contributed by atoms with Crippen molar-refractivity contribution in [3.63, 3.8) is 0 Å². The number of carbonyl (C=O) groups is 1. The molecule has 0 aliphatic rings. The molecule has 0 bridgehead atoms. The van der Waals surface area contributed by atoms with Crippen LogP contribution in [0.4, 0.5) is 0 Å². The third-order valence-corrected chi connectivity index (χ3v) is 6.11. The maximum absolute atomic E-state index is 13.4. The van der Waals surface area contributed by atoms with E-state index in [0.717, 1.165) is 5.56 Å². The van der Waals surface area contributed by atoms with Crippen LogP contribution in [-0.2, 0) is 16.3 Å². The van der Waals surface area contributed by atoms with E-state index >= 15 is 0 Å². The van der Waals surface area contributed by atoms with Gasteiger partial charge in [-0.2, -0.15) is 0 Å². The highest BCUT2D eigenvalue weighted by Gasteiger charge is 2.25. The van der Waals surface area contributed by atoms with Crippen LogP contribution in [0.3, 0.4) is 0 Å². The van der Waals surface area contributed by atoms with Crippen molar-refractivity contribution in [1.29, 1.82) is 0 Å². The molecule has 27 heavy (non-hydrogen) atoms. The number of carbonyl (C=O) groups excluding carboxylic acids is 1. The fraction of sp³-hybridized carbons (Fsp3) is 0.143. The van der Waals surface area contributed by atoms with Crippen LogP contribution in [0.2, 0.25) is 0 Å². The summed E-state index contributed by atoms with van der Waals surface area (Å²) in [6, 6.07) is 15.0. The molecule has 2 aromatic carbocycles. The average molecular weight is 381 g/mol. The predicted molar refractivity (Wildman–Crippen MR) is 102 cm³/mol. The minimum Gasteiger partial charge on any atom is -0.495 e. The number of sulfone groups is 1. The molecule has 0 N–H and O–H groups in total. The number of rotatable bonds is 6. The van der Waals surface area contributed by atoms with E-state index in [2.05, 4.69) is 4.98 Å². The molecule has 1 aromatic heterocycles. The van der Waals surface area contributed by atoms with Gasteiger partial charge in [-0.1, -0.05) is 24.3 Å². The Morgan fingerprint density at radius 2 is 1.81 bits per heavy atom. The van der Waals surface area contributed by atoms with Crippen molar-refractivity contribution in [2.75, 3.05) is 7.11 Å². The van der Waals surface area contributed by atoms with Gasteiger partial charge in [-0.3, -0.25) is 9.78 Å². The topological polar surface area (TPSA) is 73.3 Å². The summed E-state index contributed by atoms with van der Waals surface area (Å²) in [4.78, 5) is 16.0. The molecule has 0 radical (unpaired) electrons. The smallest absolute Gasteiger partial charge is 0.210 e. The van der Waals surface area contributed by atoms with Crippen molar-refractivity contribution in [2.45, 2.75) is 23.1 Å². The number of benzene rings is 2. The highest BCUT2D eigenvalue weighted by molar-refractivity contribution is 7.91. The number of ketones is 1. The van der Waals surface area contributed by atoms with Gasteiger partial charge in [0, 0.05) is 24.4 Å². The van der Waals surface area contributed by atoms with Crippen molar-refractivity contribution in [1.82, 2.24) is 4.98 Å². The lowest BCUT2D eigenvalue weighted by molar-refractivity contribution is 0.101. The van der Waals surface area contributed by atoms with E-state index in [9.17, 15) is 13.2 Å². The quantitative estimate of drug-likeness (QED) is 0.609. The number of Topliss-reactive ketones (excluding diaryl/α,β-unsaturated/α-hetero) is 1. The van der Waals surface area contributed by atoms with E-state index in [4.69, 9.17) is 4.74 Å². The second kappa shape index (κ2) is 7.72. The minimum atomic E-state index is -3.89. The van der Waals surface area contributed by atoms with Crippen molar-refractivity contribution >= 4 is 15.6 Å². The molecular formula is C21H19NO4S. The van der Waals surface area contributed by atoms with E-state index in [1.165, 1.54) is 26.2 Å². The van der Waals surface area contributed by atoms with Crippen LogP contribution in [0.1, 0.15) is 28.4 Å². The molecule has 3 rings (SSSR count). The standard InChI is InChI=1S/C21H19NO4S/c1-15(23)17-9-10-19(26-2)21(13-17)27(24,25)20-8-4-3-7-18(20)12-16-6-5-11-22-14-16/h3-11,13-14H,12H2,1-2H3. The monoisotopic (exact) mass is 381 g/mol. The van der Waals surface area contributed by atoms with E-state index in [1.54, 1.807) is 42.7 Å². The van der Waals surface area contributed by atoms with Gasteiger partial charge in [-0.05, 0) is 48.4 Å². The number of aromatic nitrogens is 1. The van der Waals surface area contributed by atoms with E-state index < -0.39 is 9.84 Å². The summed E-state index contributed by atoms with van der Waals surface area (Å²) in [5.41, 5.74) is 1.88. The zero-order chi connectivity index (χ0) is 19.4. The summed E-state index contributed by atoms with van der Waals surface area (Å²) < 4.78 is 32.0. The van der Waals surface area contributed by atoms with Crippen LogP contribution in [0, 0.1) is 0 Å². The van der Waals surface area contributed by atoms with Gasteiger partial charge in [-0.25, -0.2) is 8.42 Å². The highest BCUT2D eigenvalue weighted by atomic mass is 32.2. The van der Waals surface area contributed by atoms with Crippen molar-refractivity contribution in [2.24, 2.45) is 0 Å². The second-order valence-electron chi connectivity index (χ2n) is 6.07. The Kier molecular flexibility index (Phi) is 5.37. The maximum atomic E-state index is 13.4. The second-order valence-corrected chi connectivity index (χ2v) is 7.96. The van der Waals surface area contributed by atoms with Gasteiger partial charge in [0.05, 0.1) is 12.0 Å². The maximum Gasteiger partial charge on any atom is 0.210 e. The largest absolute Gasteiger partial charge is 0.495 e. The molecule has 0 saturated heterocycles.